The normalized spacial score (nSPS) is 27.5. The highest BCUT2D eigenvalue weighted by atomic mass is 15.1. The smallest absolute Gasteiger partial charge is 0.0869 e. The van der Waals surface area contributed by atoms with Crippen molar-refractivity contribution >= 4 is 12.3 Å². The molecule has 0 saturated heterocycles. The SMILES string of the molecule is CC1N=CC2(CCCCC2)n2c1cc1c2CC=C1. The summed E-state index contributed by atoms with van der Waals surface area (Å²) in [4.78, 5) is 4.79. The maximum absolute atomic E-state index is 4.79. The zero-order valence-electron chi connectivity index (χ0n) is 11.0. The average molecular weight is 240 g/mol. The summed E-state index contributed by atoms with van der Waals surface area (Å²) in [6.07, 6.45) is 14.6. The van der Waals surface area contributed by atoms with Gasteiger partial charge in [-0.25, -0.2) is 0 Å². The maximum atomic E-state index is 4.79. The summed E-state index contributed by atoms with van der Waals surface area (Å²) in [6.45, 7) is 2.22. The van der Waals surface area contributed by atoms with Gasteiger partial charge in [0.25, 0.3) is 0 Å². The fourth-order valence-corrected chi connectivity index (χ4v) is 3.98. The van der Waals surface area contributed by atoms with E-state index in [1.165, 1.54) is 49.1 Å². The lowest BCUT2D eigenvalue weighted by Crippen LogP contribution is -2.42. The number of nitrogens with zero attached hydrogens (tertiary/aromatic N) is 2. The second-order valence-electron chi connectivity index (χ2n) is 6.03. The minimum absolute atomic E-state index is 0.208. The molecular weight excluding hydrogens is 220 g/mol. The minimum atomic E-state index is 0.208. The molecular formula is C16H20N2. The van der Waals surface area contributed by atoms with Gasteiger partial charge in [-0.15, -0.1) is 0 Å². The molecule has 1 atom stereocenters. The van der Waals surface area contributed by atoms with E-state index in [-0.39, 0.29) is 5.54 Å². The molecule has 4 rings (SSSR count). The van der Waals surface area contributed by atoms with Crippen molar-refractivity contribution in [3.63, 3.8) is 0 Å². The van der Waals surface area contributed by atoms with E-state index in [0.29, 0.717) is 6.04 Å². The molecule has 1 aromatic rings. The van der Waals surface area contributed by atoms with E-state index in [4.69, 9.17) is 4.99 Å². The summed E-state index contributed by atoms with van der Waals surface area (Å²) in [6, 6.07) is 2.70. The zero-order chi connectivity index (χ0) is 12.2. The van der Waals surface area contributed by atoms with Gasteiger partial charge in [0, 0.05) is 24.0 Å². The number of fused-ring (bicyclic) bond motifs is 4. The van der Waals surface area contributed by atoms with Crippen LogP contribution in [0, 0.1) is 0 Å². The lowest BCUT2D eigenvalue weighted by molar-refractivity contribution is 0.267. The summed E-state index contributed by atoms with van der Waals surface area (Å²) in [7, 11) is 0. The van der Waals surface area contributed by atoms with Gasteiger partial charge in [0.05, 0.1) is 11.6 Å². The van der Waals surface area contributed by atoms with E-state index in [1.807, 2.05) is 0 Å². The van der Waals surface area contributed by atoms with Gasteiger partial charge in [0.15, 0.2) is 0 Å². The number of hydrogen-bond donors (Lipinski definition) is 0. The van der Waals surface area contributed by atoms with Crippen LogP contribution in [0.3, 0.4) is 0 Å². The van der Waals surface area contributed by atoms with Crippen LogP contribution in [0.15, 0.2) is 17.1 Å². The van der Waals surface area contributed by atoms with Gasteiger partial charge >= 0.3 is 0 Å². The largest absolute Gasteiger partial charge is 0.335 e. The molecule has 0 N–H and O–H groups in total. The Kier molecular flexibility index (Phi) is 2.12. The first-order chi connectivity index (χ1) is 8.80. The Hall–Kier alpha value is -1.31. The lowest BCUT2D eigenvalue weighted by Gasteiger charge is -2.41. The molecule has 1 saturated carbocycles. The van der Waals surface area contributed by atoms with Crippen LogP contribution in [0.25, 0.3) is 6.08 Å². The Labute approximate surface area is 108 Å². The average Bonchev–Trinajstić information content (AvgIpc) is 2.96. The van der Waals surface area contributed by atoms with Gasteiger partial charge < -0.3 is 4.57 Å². The quantitative estimate of drug-likeness (QED) is 0.655. The van der Waals surface area contributed by atoms with Gasteiger partial charge in [0.2, 0.25) is 0 Å². The molecule has 1 spiro atoms. The van der Waals surface area contributed by atoms with Crippen molar-refractivity contribution in [1.29, 1.82) is 0 Å². The van der Waals surface area contributed by atoms with Gasteiger partial charge in [-0.3, -0.25) is 4.99 Å². The van der Waals surface area contributed by atoms with Crippen LogP contribution in [0.5, 0.6) is 0 Å². The van der Waals surface area contributed by atoms with E-state index >= 15 is 0 Å². The second-order valence-corrected chi connectivity index (χ2v) is 6.03. The molecule has 2 aliphatic carbocycles. The number of aliphatic imine (C=N–C) groups is 1. The molecule has 2 heterocycles. The summed E-state index contributed by atoms with van der Waals surface area (Å²) < 4.78 is 2.65. The second kappa shape index (κ2) is 3.59. The van der Waals surface area contributed by atoms with Crippen LogP contribution >= 0.6 is 0 Å². The van der Waals surface area contributed by atoms with Crippen LogP contribution in [0.1, 0.15) is 62.0 Å². The summed E-state index contributed by atoms with van der Waals surface area (Å²) in [5, 5.41) is 0. The number of aromatic nitrogens is 1. The van der Waals surface area contributed by atoms with Gasteiger partial charge in [0.1, 0.15) is 0 Å². The van der Waals surface area contributed by atoms with Crippen LogP contribution in [0.4, 0.5) is 0 Å². The standard InChI is InChI=1S/C16H20N2/c1-12-15-10-13-6-5-7-14(13)18(15)16(11-17-12)8-3-2-4-9-16/h5-6,10-12H,2-4,7-9H2,1H3. The van der Waals surface area contributed by atoms with E-state index in [1.54, 1.807) is 0 Å². The van der Waals surface area contributed by atoms with Crippen molar-refractivity contribution in [2.75, 3.05) is 0 Å². The van der Waals surface area contributed by atoms with Crippen LogP contribution < -0.4 is 0 Å². The third-order valence-electron chi connectivity index (χ3n) is 4.90. The molecule has 0 aromatic carbocycles. The van der Waals surface area contributed by atoms with Crippen LogP contribution in [-0.4, -0.2) is 10.8 Å². The Morgan fingerprint density at radius 3 is 2.94 bits per heavy atom. The Morgan fingerprint density at radius 1 is 1.28 bits per heavy atom. The highest BCUT2D eigenvalue weighted by Crippen LogP contribution is 2.43. The van der Waals surface area contributed by atoms with Crippen molar-refractivity contribution in [2.24, 2.45) is 4.99 Å². The first-order valence-corrected chi connectivity index (χ1v) is 7.26. The minimum Gasteiger partial charge on any atom is -0.335 e. The van der Waals surface area contributed by atoms with Crippen LogP contribution in [0.2, 0.25) is 0 Å². The van der Waals surface area contributed by atoms with E-state index in [2.05, 4.69) is 35.9 Å². The van der Waals surface area contributed by atoms with Gasteiger partial charge in [-0.05, 0) is 31.4 Å². The first kappa shape index (κ1) is 10.6. The lowest BCUT2D eigenvalue weighted by atomic mass is 9.81. The summed E-state index contributed by atoms with van der Waals surface area (Å²) in [5.74, 6) is 0. The Balaban J connectivity index is 1.92. The number of hydrogen-bond acceptors (Lipinski definition) is 1. The number of allylic oxidation sites excluding steroid dienone is 1. The van der Waals surface area contributed by atoms with Gasteiger partial charge in [-0.1, -0.05) is 31.4 Å². The molecule has 94 valence electrons. The monoisotopic (exact) mass is 240 g/mol. The molecule has 18 heavy (non-hydrogen) atoms. The van der Waals surface area contributed by atoms with E-state index < -0.39 is 0 Å². The highest BCUT2D eigenvalue weighted by Gasteiger charge is 2.39. The molecule has 0 bridgehead atoms. The molecule has 3 aliphatic rings. The fraction of sp³-hybridized carbons (Fsp3) is 0.562. The third-order valence-corrected chi connectivity index (χ3v) is 4.90. The first-order valence-electron chi connectivity index (χ1n) is 7.26. The highest BCUT2D eigenvalue weighted by molar-refractivity contribution is 5.73. The molecule has 1 aromatic heterocycles. The van der Waals surface area contributed by atoms with Crippen molar-refractivity contribution < 1.29 is 0 Å². The van der Waals surface area contributed by atoms with Gasteiger partial charge in [-0.2, -0.15) is 0 Å². The molecule has 0 radical (unpaired) electrons. The third kappa shape index (κ3) is 1.26. The Bertz CT molecular complexity index is 542. The number of rotatable bonds is 0. The topological polar surface area (TPSA) is 17.3 Å². The predicted molar refractivity (Wildman–Crippen MR) is 75.1 cm³/mol. The van der Waals surface area contributed by atoms with Crippen molar-refractivity contribution in [2.45, 2.75) is 57.0 Å². The van der Waals surface area contributed by atoms with Crippen molar-refractivity contribution in [1.82, 2.24) is 4.57 Å². The van der Waals surface area contributed by atoms with E-state index in [0.717, 1.165) is 6.42 Å². The summed E-state index contributed by atoms with van der Waals surface area (Å²) >= 11 is 0. The molecule has 2 heteroatoms. The summed E-state index contributed by atoms with van der Waals surface area (Å²) in [5.41, 5.74) is 4.62. The fourth-order valence-electron chi connectivity index (χ4n) is 3.98. The Morgan fingerprint density at radius 2 is 2.11 bits per heavy atom. The molecule has 1 aliphatic heterocycles. The van der Waals surface area contributed by atoms with Crippen LogP contribution in [-0.2, 0) is 12.0 Å². The maximum Gasteiger partial charge on any atom is 0.0869 e. The molecule has 1 fully saturated rings. The van der Waals surface area contributed by atoms with E-state index in [9.17, 15) is 0 Å². The zero-order valence-corrected chi connectivity index (χ0v) is 11.0. The molecule has 2 nitrogen and oxygen atoms in total. The van der Waals surface area contributed by atoms with Crippen molar-refractivity contribution in [3.8, 4) is 0 Å². The van der Waals surface area contributed by atoms with Crippen molar-refractivity contribution in [3.05, 3.63) is 29.1 Å². The molecule has 0 amide bonds. The predicted octanol–water partition coefficient (Wildman–Crippen LogP) is 3.86. The molecule has 1 unspecified atom stereocenters.